The van der Waals surface area contributed by atoms with Gasteiger partial charge in [0.25, 0.3) is 0 Å². The number of aryl methyl sites for hydroxylation is 1. The van der Waals surface area contributed by atoms with E-state index in [1.54, 1.807) is 0 Å². The minimum atomic E-state index is 0.231. The van der Waals surface area contributed by atoms with Crippen molar-refractivity contribution in [3.63, 3.8) is 0 Å². The molecule has 0 N–H and O–H groups in total. The van der Waals surface area contributed by atoms with E-state index < -0.39 is 0 Å². The molecular formula is C17H30N4O. The van der Waals surface area contributed by atoms with Gasteiger partial charge in [0.05, 0.1) is 5.69 Å². The van der Waals surface area contributed by atoms with Gasteiger partial charge in [0.15, 0.2) is 0 Å². The van der Waals surface area contributed by atoms with E-state index >= 15 is 0 Å². The van der Waals surface area contributed by atoms with Crippen LogP contribution in [0.4, 0.5) is 0 Å². The molecule has 0 aliphatic carbocycles. The van der Waals surface area contributed by atoms with Gasteiger partial charge in [-0.15, -0.1) is 0 Å². The average molecular weight is 306 g/mol. The Morgan fingerprint density at radius 3 is 2.59 bits per heavy atom. The Balaban J connectivity index is 2.02. The summed E-state index contributed by atoms with van der Waals surface area (Å²) in [5.74, 6) is 0.231. The molecule has 0 unspecified atom stereocenters. The average Bonchev–Trinajstić information content (AvgIpc) is 2.97. The third-order valence-corrected chi connectivity index (χ3v) is 4.87. The highest BCUT2D eigenvalue weighted by atomic mass is 16.2. The van der Waals surface area contributed by atoms with E-state index in [4.69, 9.17) is 0 Å². The normalized spacial score (nSPS) is 19.1. The molecule has 0 radical (unpaired) electrons. The molecule has 22 heavy (non-hydrogen) atoms. The van der Waals surface area contributed by atoms with Crippen molar-refractivity contribution in [3.05, 3.63) is 17.0 Å². The van der Waals surface area contributed by atoms with Crippen LogP contribution in [0.3, 0.4) is 0 Å². The van der Waals surface area contributed by atoms with Crippen molar-refractivity contribution in [3.8, 4) is 0 Å². The van der Waals surface area contributed by atoms with Crippen molar-refractivity contribution in [1.29, 1.82) is 0 Å². The van der Waals surface area contributed by atoms with Crippen molar-refractivity contribution < 1.29 is 4.79 Å². The number of carbonyl (C=O) groups excluding carboxylic acids is 1. The van der Waals surface area contributed by atoms with Crippen molar-refractivity contribution in [2.75, 3.05) is 20.6 Å². The molecule has 5 nitrogen and oxygen atoms in total. The molecule has 5 heteroatoms. The summed E-state index contributed by atoms with van der Waals surface area (Å²) in [5.41, 5.74) is 3.39. The fourth-order valence-corrected chi connectivity index (χ4v) is 3.35. The van der Waals surface area contributed by atoms with Gasteiger partial charge in [0, 0.05) is 43.4 Å². The lowest BCUT2D eigenvalue weighted by molar-refractivity contribution is -0.131. The van der Waals surface area contributed by atoms with Gasteiger partial charge in [0.1, 0.15) is 0 Å². The van der Waals surface area contributed by atoms with Crippen LogP contribution in [0.1, 0.15) is 56.1 Å². The third-order valence-electron chi connectivity index (χ3n) is 4.87. The quantitative estimate of drug-likeness (QED) is 0.839. The number of nitrogens with zero attached hydrogens (tertiary/aromatic N) is 4. The highest BCUT2D eigenvalue weighted by molar-refractivity contribution is 5.76. The second-order valence-corrected chi connectivity index (χ2v) is 6.92. The van der Waals surface area contributed by atoms with Crippen LogP contribution < -0.4 is 0 Å². The molecule has 1 fully saturated rings. The van der Waals surface area contributed by atoms with Crippen LogP contribution in [0.5, 0.6) is 0 Å². The largest absolute Gasteiger partial charge is 0.341 e. The number of hydrogen-bond acceptors (Lipinski definition) is 3. The number of amides is 1. The Hall–Kier alpha value is -1.36. The first-order valence-electron chi connectivity index (χ1n) is 8.30. The predicted molar refractivity (Wildman–Crippen MR) is 88.8 cm³/mol. The SMILES string of the molecule is Cc1nn(C(C)C)c(C)c1CN(C)C(=O)C[C@H]1CCCN1C. The van der Waals surface area contributed by atoms with E-state index in [1.807, 2.05) is 23.6 Å². The number of likely N-dealkylation sites (tertiary alicyclic amines) is 1. The first-order valence-corrected chi connectivity index (χ1v) is 8.30. The molecule has 1 saturated heterocycles. The van der Waals surface area contributed by atoms with Gasteiger partial charge >= 0.3 is 0 Å². The standard InChI is InChI=1S/C17H30N4O/c1-12(2)21-14(4)16(13(3)18-21)11-20(6)17(22)10-15-8-7-9-19(15)5/h12,15H,7-11H2,1-6H3/t15-/m1/s1. The monoisotopic (exact) mass is 306 g/mol. The Morgan fingerprint density at radius 2 is 2.09 bits per heavy atom. The van der Waals surface area contributed by atoms with Crippen LogP contribution in [0.25, 0.3) is 0 Å². The molecule has 0 spiro atoms. The lowest BCUT2D eigenvalue weighted by Crippen LogP contribution is -2.34. The molecule has 2 heterocycles. The van der Waals surface area contributed by atoms with Crippen molar-refractivity contribution in [1.82, 2.24) is 19.6 Å². The van der Waals surface area contributed by atoms with Gasteiger partial charge in [-0.1, -0.05) is 0 Å². The molecule has 0 aromatic carbocycles. The second-order valence-electron chi connectivity index (χ2n) is 6.92. The van der Waals surface area contributed by atoms with Gasteiger partial charge in [-0.2, -0.15) is 5.10 Å². The molecule has 1 atom stereocenters. The molecule has 1 aliphatic heterocycles. The van der Waals surface area contributed by atoms with Crippen LogP contribution in [-0.2, 0) is 11.3 Å². The highest BCUT2D eigenvalue weighted by Crippen LogP contribution is 2.21. The zero-order valence-electron chi connectivity index (χ0n) is 14.9. The van der Waals surface area contributed by atoms with E-state index in [0.717, 1.165) is 18.7 Å². The molecular weight excluding hydrogens is 276 g/mol. The second kappa shape index (κ2) is 6.82. The first kappa shape index (κ1) is 17.0. The highest BCUT2D eigenvalue weighted by Gasteiger charge is 2.25. The first-order chi connectivity index (χ1) is 10.3. The summed E-state index contributed by atoms with van der Waals surface area (Å²) in [4.78, 5) is 16.6. The van der Waals surface area contributed by atoms with E-state index in [9.17, 15) is 4.79 Å². The molecule has 0 bridgehead atoms. The Bertz CT molecular complexity index is 535. The fraction of sp³-hybridized carbons (Fsp3) is 0.765. The van der Waals surface area contributed by atoms with E-state index in [0.29, 0.717) is 25.0 Å². The minimum Gasteiger partial charge on any atom is -0.341 e. The van der Waals surface area contributed by atoms with Crippen LogP contribution in [-0.4, -0.2) is 52.2 Å². The van der Waals surface area contributed by atoms with E-state index in [2.05, 4.69) is 37.8 Å². The lowest BCUT2D eigenvalue weighted by Gasteiger charge is -2.23. The fourth-order valence-electron chi connectivity index (χ4n) is 3.35. The van der Waals surface area contributed by atoms with Gasteiger partial charge < -0.3 is 9.80 Å². The molecule has 1 aromatic rings. The van der Waals surface area contributed by atoms with Gasteiger partial charge in [-0.25, -0.2) is 0 Å². The predicted octanol–water partition coefficient (Wildman–Crippen LogP) is 2.52. The van der Waals surface area contributed by atoms with Crippen LogP contribution in [0.15, 0.2) is 0 Å². The molecule has 1 amide bonds. The summed E-state index contributed by atoms with van der Waals surface area (Å²) in [7, 11) is 4.02. The Labute approximate surface area is 134 Å². The maximum atomic E-state index is 12.5. The topological polar surface area (TPSA) is 41.4 Å². The summed E-state index contributed by atoms with van der Waals surface area (Å²) < 4.78 is 2.05. The zero-order valence-corrected chi connectivity index (χ0v) is 14.9. The number of rotatable bonds is 5. The number of hydrogen-bond donors (Lipinski definition) is 0. The van der Waals surface area contributed by atoms with Gasteiger partial charge in [-0.05, 0) is 54.1 Å². The molecule has 2 rings (SSSR count). The molecule has 124 valence electrons. The molecule has 1 aromatic heterocycles. The maximum Gasteiger partial charge on any atom is 0.224 e. The maximum absolute atomic E-state index is 12.5. The minimum absolute atomic E-state index is 0.231. The number of aromatic nitrogens is 2. The zero-order chi connectivity index (χ0) is 16.4. The third kappa shape index (κ3) is 3.51. The lowest BCUT2D eigenvalue weighted by atomic mass is 10.1. The summed E-state index contributed by atoms with van der Waals surface area (Å²) in [6.45, 7) is 10.2. The smallest absolute Gasteiger partial charge is 0.224 e. The van der Waals surface area contributed by atoms with E-state index in [-0.39, 0.29) is 5.91 Å². The van der Waals surface area contributed by atoms with Crippen molar-refractivity contribution in [2.24, 2.45) is 0 Å². The number of carbonyl (C=O) groups is 1. The van der Waals surface area contributed by atoms with Crippen molar-refractivity contribution >= 4 is 5.91 Å². The summed E-state index contributed by atoms with van der Waals surface area (Å²) in [5, 5.41) is 4.61. The summed E-state index contributed by atoms with van der Waals surface area (Å²) in [6, 6.07) is 0.760. The van der Waals surface area contributed by atoms with Crippen LogP contribution in [0, 0.1) is 13.8 Å². The van der Waals surface area contributed by atoms with E-state index in [1.165, 1.54) is 17.7 Å². The van der Waals surface area contributed by atoms with Gasteiger partial charge in [-0.3, -0.25) is 9.48 Å². The van der Waals surface area contributed by atoms with Crippen LogP contribution in [0.2, 0.25) is 0 Å². The molecule has 0 saturated carbocycles. The van der Waals surface area contributed by atoms with Crippen molar-refractivity contribution in [2.45, 2.75) is 65.6 Å². The van der Waals surface area contributed by atoms with Crippen LogP contribution >= 0.6 is 0 Å². The molecule has 1 aliphatic rings. The van der Waals surface area contributed by atoms with Gasteiger partial charge in [0.2, 0.25) is 5.91 Å². The summed E-state index contributed by atoms with van der Waals surface area (Å²) >= 11 is 0. The Kier molecular flexibility index (Phi) is 5.27. The summed E-state index contributed by atoms with van der Waals surface area (Å²) in [6.07, 6.45) is 2.97. The Morgan fingerprint density at radius 1 is 1.41 bits per heavy atom.